The fraction of sp³-hybridized carbons (Fsp3) is 0. The van der Waals surface area contributed by atoms with Crippen LogP contribution in [0.4, 0.5) is 10.1 Å². The van der Waals surface area contributed by atoms with Crippen molar-refractivity contribution in [3.8, 4) is 0 Å². The Labute approximate surface area is 68.1 Å². The van der Waals surface area contributed by atoms with E-state index in [1.165, 1.54) is 18.5 Å². The van der Waals surface area contributed by atoms with Gasteiger partial charge < -0.3 is 5.73 Å². The number of halogens is 1. The van der Waals surface area contributed by atoms with E-state index in [4.69, 9.17) is 5.73 Å². The van der Waals surface area contributed by atoms with E-state index in [2.05, 4.69) is 9.97 Å². The molecule has 2 rings (SSSR count). The molecule has 2 N–H and O–H groups in total. The van der Waals surface area contributed by atoms with Gasteiger partial charge in [0.1, 0.15) is 12.1 Å². The molecule has 1 aromatic carbocycles. The van der Waals surface area contributed by atoms with Gasteiger partial charge >= 0.3 is 0 Å². The van der Waals surface area contributed by atoms with Crippen molar-refractivity contribution < 1.29 is 4.39 Å². The SMILES string of the molecule is Nc1cc(F)cc2ncncc12. The lowest BCUT2D eigenvalue weighted by atomic mass is 10.2. The van der Waals surface area contributed by atoms with E-state index < -0.39 is 0 Å². The molecule has 0 bridgehead atoms. The summed E-state index contributed by atoms with van der Waals surface area (Å²) < 4.78 is 12.8. The molecule has 0 aliphatic heterocycles. The van der Waals surface area contributed by atoms with Crippen molar-refractivity contribution in [3.63, 3.8) is 0 Å². The van der Waals surface area contributed by atoms with Crippen molar-refractivity contribution in [1.82, 2.24) is 9.97 Å². The highest BCUT2D eigenvalue weighted by atomic mass is 19.1. The van der Waals surface area contributed by atoms with E-state index in [0.29, 0.717) is 16.6 Å². The average Bonchev–Trinajstić information content (AvgIpc) is 2.04. The maximum atomic E-state index is 12.8. The molecular formula is C8H6FN3. The second kappa shape index (κ2) is 2.41. The number of rotatable bonds is 0. The van der Waals surface area contributed by atoms with Crippen LogP contribution in [0.2, 0.25) is 0 Å². The Balaban J connectivity index is 2.89. The molecule has 0 atom stereocenters. The number of hydrogen-bond acceptors (Lipinski definition) is 3. The lowest BCUT2D eigenvalue weighted by molar-refractivity contribution is 0.630. The summed E-state index contributed by atoms with van der Waals surface area (Å²) in [7, 11) is 0. The van der Waals surface area contributed by atoms with Gasteiger partial charge in [0.05, 0.1) is 5.52 Å². The van der Waals surface area contributed by atoms with Crippen LogP contribution in [-0.2, 0) is 0 Å². The van der Waals surface area contributed by atoms with Crippen LogP contribution < -0.4 is 5.73 Å². The second-order valence-corrected chi connectivity index (χ2v) is 2.45. The minimum Gasteiger partial charge on any atom is -0.398 e. The van der Waals surface area contributed by atoms with Crippen LogP contribution >= 0.6 is 0 Å². The van der Waals surface area contributed by atoms with Crippen LogP contribution in [0, 0.1) is 5.82 Å². The van der Waals surface area contributed by atoms with Crippen molar-refractivity contribution in [3.05, 3.63) is 30.5 Å². The van der Waals surface area contributed by atoms with Gasteiger partial charge in [-0.15, -0.1) is 0 Å². The van der Waals surface area contributed by atoms with Gasteiger partial charge in [0, 0.05) is 23.3 Å². The molecule has 3 nitrogen and oxygen atoms in total. The average molecular weight is 163 g/mol. The summed E-state index contributed by atoms with van der Waals surface area (Å²) in [4.78, 5) is 7.66. The third-order valence-corrected chi connectivity index (χ3v) is 1.62. The lowest BCUT2D eigenvalue weighted by Gasteiger charge is -1.99. The Kier molecular flexibility index (Phi) is 1.40. The van der Waals surface area contributed by atoms with Gasteiger partial charge in [0.25, 0.3) is 0 Å². The zero-order chi connectivity index (χ0) is 8.55. The summed E-state index contributed by atoms with van der Waals surface area (Å²) >= 11 is 0. The number of anilines is 1. The summed E-state index contributed by atoms with van der Waals surface area (Å²) in [5, 5.41) is 0.680. The second-order valence-electron chi connectivity index (χ2n) is 2.45. The number of nitrogens with two attached hydrogens (primary N) is 1. The van der Waals surface area contributed by atoms with E-state index in [1.54, 1.807) is 6.20 Å². The summed E-state index contributed by atoms with van der Waals surface area (Å²) in [5.41, 5.74) is 6.43. The van der Waals surface area contributed by atoms with Crippen molar-refractivity contribution in [2.75, 3.05) is 5.73 Å². The zero-order valence-electron chi connectivity index (χ0n) is 6.16. The molecule has 0 aliphatic carbocycles. The first-order chi connectivity index (χ1) is 5.77. The first-order valence-electron chi connectivity index (χ1n) is 3.42. The maximum Gasteiger partial charge on any atom is 0.127 e. The number of benzene rings is 1. The molecule has 4 heteroatoms. The predicted octanol–water partition coefficient (Wildman–Crippen LogP) is 1.35. The largest absolute Gasteiger partial charge is 0.398 e. The highest BCUT2D eigenvalue weighted by Crippen LogP contribution is 2.18. The summed E-state index contributed by atoms with van der Waals surface area (Å²) in [6, 6.07) is 2.58. The highest BCUT2D eigenvalue weighted by molar-refractivity contribution is 5.89. The van der Waals surface area contributed by atoms with Gasteiger partial charge in [-0.1, -0.05) is 0 Å². The Morgan fingerprint density at radius 3 is 3.00 bits per heavy atom. The summed E-state index contributed by atoms with van der Waals surface area (Å²) in [6.07, 6.45) is 2.93. The fourth-order valence-corrected chi connectivity index (χ4v) is 1.08. The normalized spacial score (nSPS) is 10.4. The first kappa shape index (κ1) is 6.97. The molecule has 0 amide bonds. The molecule has 60 valence electrons. The molecule has 0 saturated heterocycles. The Morgan fingerprint density at radius 1 is 1.33 bits per heavy atom. The Hall–Kier alpha value is -1.71. The quantitative estimate of drug-likeness (QED) is 0.596. The number of aromatic nitrogens is 2. The predicted molar refractivity (Wildman–Crippen MR) is 43.9 cm³/mol. The standard InChI is InChI=1S/C8H6FN3/c9-5-1-7(10)6-3-11-4-12-8(6)2-5/h1-4H,10H2. The molecule has 0 radical (unpaired) electrons. The van der Waals surface area contributed by atoms with Crippen molar-refractivity contribution in [2.24, 2.45) is 0 Å². The molecular weight excluding hydrogens is 157 g/mol. The lowest BCUT2D eigenvalue weighted by Crippen LogP contribution is -1.91. The van der Waals surface area contributed by atoms with Crippen LogP contribution in [0.5, 0.6) is 0 Å². The fourth-order valence-electron chi connectivity index (χ4n) is 1.08. The maximum absolute atomic E-state index is 12.8. The third-order valence-electron chi connectivity index (χ3n) is 1.62. The Bertz CT molecular complexity index is 428. The molecule has 0 saturated carbocycles. The highest BCUT2D eigenvalue weighted by Gasteiger charge is 2.00. The molecule has 0 aliphatic rings. The number of hydrogen-bond donors (Lipinski definition) is 1. The molecule has 12 heavy (non-hydrogen) atoms. The third kappa shape index (κ3) is 0.972. The van der Waals surface area contributed by atoms with E-state index in [9.17, 15) is 4.39 Å². The molecule has 1 heterocycles. The van der Waals surface area contributed by atoms with E-state index in [0.717, 1.165) is 0 Å². The van der Waals surface area contributed by atoms with Crippen LogP contribution in [0.25, 0.3) is 10.9 Å². The Morgan fingerprint density at radius 2 is 2.17 bits per heavy atom. The van der Waals surface area contributed by atoms with E-state index in [-0.39, 0.29) is 5.82 Å². The zero-order valence-corrected chi connectivity index (χ0v) is 6.16. The van der Waals surface area contributed by atoms with Crippen molar-refractivity contribution >= 4 is 16.6 Å². The van der Waals surface area contributed by atoms with Crippen molar-refractivity contribution in [2.45, 2.75) is 0 Å². The monoisotopic (exact) mass is 163 g/mol. The van der Waals surface area contributed by atoms with Gasteiger partial charge in [-0.05, 0) is 6.07 Å². The molecule has 0 fully saturated rings. The van der Waals surface area contributed by atoms with Crippen LogP contribution in [0.3, 0.4) is 0 Å². The van der Waals surface area contributed by atoms with E-state index in [1.807, 2.05) is 0 Å². The first-order valence-corrected chi connectivity index (χ1v) is 3.42. The summed E-state index contributed by atoms with van der Waals surface area (Å²) in [5.74, 6) is -0.376. The molecule has 2 aromatic rings. The smallest absolute Gasteiger partial charge is 0.127 e. The summed E-state index contributed by atoms with van der Waals surface area (Å²) in [6.45, 7) is 0. The minimum atomic E-state index is -0.376. The van der Waals surface area contributed by atoms with Crippen LogP contribution in [0.15, 0.2) is 24.7 Å². The van der Waals surface area contributed by atoms with Crippen LogP contribution in [-0.4, -0.2) is 9.97 Å². The number of nitrogens with zero attached hydrogens (tertiary/aromatic N) is 2. The van der Waals surface area contributed by atoms with Gasteiger partial charge in [0.15, 0.2) is 0 Å². The molecule has 0 unspecified atom stereocenters. The number of fused-ring (bicyclic) bond motifs is 1. The molecule has 0 spiro atoms. The van der Waals surface area contributed by atoms with Gasteiger partial charge in [0.2, 0.25) is 0 Å². The van der Waals surface area contributed by atoms with Crippen molar-refractivity contribution in [1.29, 1.82) is 0 Å². The minimum absolute atomic E-state index is 0.366. The van der Waals surface area contributed by atoms with Crippen LogP contribution in [0.1, 0.15) is 0 Å². The van der Waals surface area contributed by atoms with Gasteiger partial charge in [-0.2, -0.15) is 0 Å². The topological polar surface area (TPSA) is 51.8 Å². The van der Waals surface area contributed by atoms with Gasteiger partial charge in [-0.25, -0.2) is 14.4 Å². The molecule has 1 aromatic heterocycles. The number of nitrogen functional groups attached to an aromatic ring is 1. The van der Waals surface area contributed by atoms with E-state index >= 15 is 0 Å². The van der Waals surface area contributed by atoms with Gasteiger partial charge in [-0.3, -0.25) is 0 Å².